The highest BCUT2D eigenvalue weighted by atomic mass is 35.5. The molecule has 1 amide bonds. The van der Waals surface area contributed by atoms with E-state index in [1.165, 1.54) is 18.2 Å². The molecule has 0 aromatic heterocycles. The summed E-state index contributed by atoms with van der Waals surface area (Å²) in [5.74, 6) is -0.136. The number of anilines is 1. The number of hydrogen-bond donors (Lipinski definition) is 1. The first-order valence-electron chi connectivity index (χ1n) is 7.40. The minimum atomic E-state index is -0.640. The summed E-state index contributed by atoms with van der Waals surface area (Å²) in [5, 5.41) is 2.66. The van der Waals surface area contributed by atoms with Gasteiger partial charge in [0, 0.05) is 5.69 Å². The molecule has 0 radical (unpaired) electrons. The van der Waals surface area contributed by atoms with Crippen molar-refractivity contribution in [3.63, 3.8) is 0 Å². The van der Waals surface area contributed by atoms with Gasteiger partial charge in [0.2, 0.25) is 0 Å². The molecule has 0 saturated heterocycles. The number of aryl methyl sites for hydroxylation is 2. The van der Waals surface area contributed by atoms with Crippen molar-refractivity contribution in [3.05, 3.63) is 58.4 Å². The normalized spacial score (nSPS) is 11.9. The quantitative estimate of drug-likeness (QED) is 0.844. The molecule has 0 aliphatic heterocycles. The predicted molar refractivity (Wildman–Crippen MR) is 90.7 cm³/mol. The van der Waals surface area contributed by atoms with E-state index in [1.807, 2.05) is 39.0 Å². The molecular formula is C18H19ClFNO2. The van der Waals surface area contributed by atoms with Crippen molar-refractivity contribution in [1.29, 1.82) is 0 Å². The number of benzene rings is 2. The molecule has 2 aromatic carbocycles. The summed E-state index contributed by atoms with van der Waals surface area (Å²) in [6.07, 6.45) is -0.131. The zero-order valence-corrected chi connectivity index (χ0v) is 14.1. The smallest absolute Gasteiger partial charge is 0.265 e. The van der Waals surface area contributed by atoms with E-state index in [2.05, 4.69) is 5.32 Å². The van der Waals surface area contributed by atoms with Crippen molar-refractivity contribution in [3.8, 4) is 5.75 Å². The van der Waals surface area contributed by atoms with Gasteiger partial charge in [-0.1, -0.05) is 30.7 Å². The number of ether oxygens (including phenoxy) is 1. The molecule has 0 spiro atoms. The van der Waals surface area contributed by atoms with E-state index in [-0.39, 0.29) is 10.9 Å². The molecule has 0 bridgehead atoms. The van der Waals surface area contributed by atoms with Gasteiger partial charge in [-0.15, -0.1) is 0 Å². The minimum absolute atomic E-state index is 0.0358. The van der Waals surface area contributed by atoms with Crippen molar-refractivity contribution < 1.29 is 13.9 Å². The molecule has 2 aromatic rings. The summed E-state index contributed by atoms with van der Waals surface area (Å²) in [4.78, 5) is 12.4. The van der Waals surface area contributed by atoms with E-state index in [0.29, 0.717) is 17.9 Å². The van der Waals surface area contributed by atoms with Gasteiger partial charge < -0.3 is 10.1 Å². The summed E-state index contributed by atoms with van der Waals surface area (Å²) in [6.45, 7) is 5.76. The van der Waals surface area contributed by atoms with Crippen LogP contribution in [-0.4, -0.2) is 12.0 Å². The van der Waals surface area contributed by atoms with Crippen molar-refractivity contribution in [2.24, 2.45) is 0 Å². The van der Waals surface area contributed by atoms with Gasteiger partial charge in [0.1, 0.15) is 11.6 Å². The monoisotopic (exact) mass is 335 g/mol. The lowest BCUT2D eigenvalue weighted by molar-refractivity contribution is -0.122. The molecule has 0 aliphatic carbocycles. The van der Waals surface area contributed by atoms with Crippen LogP contribution >= 0.6 is 11.6 Å². The maximum Gasteiger partial charge on any atom is 0.265 e. The predicted octanol–water partition coefficient (Wildman–Crippen LogP) is 4.89. The summed E-state index contributed by atoms with van der Waals surface area (Å²) in [5.41, 5.74) is 2.46. The summed E-state index contributed by atoms with van der Waals surface area (Å²) in [6, 6.07) is 9.90. The molecule has 0 heterocycles. The largest absolute Gasteiger partial charge is 0.480 e. The Labute approximate surface area is 140 Å². The molecule has 0 fully saturated rings. The minimum Gasteiger partial charge on any atom is -0.480 e. The lowest BCUT2D eigenvalue weighted by Crippen LogP contribution is -2.32. The fourth-order valence-electron chi connectivity index (χ4n) is 2.11. The van der Waals surface area contributed by atoms with Crippen LogP contribution in [0.15, 0.2) is 36.4 Å². The van der Waals surface area contributed by atoms with Gasteiger partial charge in [-0.2, -0.15) is 0 Å². The van der Waals surface area contributed by atoms with E-state index >= 15 is 0 Å². The highest BCUT2D eigenvalue weighted by Gasteiger charge is 2.19. The third-order valence-corrected chi connectivity index (χ3v) is 3.75. The Bertz CT molecular complexity index is 718. The number of hydrogen-bond acceptors (Lipinski definition) is 2. The number of halogens is 2. The lowest BCUT2D eigenvalue weighted by atomic mass is 10.1. The number of carbonyl (C=O) groups excluding carboxylic acids is 1. The van der Waals surface area contributed by atoms with Crippen molar-refractivity contribution in [2.45, 2.75) is 33.3 Å². The van der Waals surface area contributed by atoms with Gasteiger partial charge in [0.15, 0.2) is 6.10 Å². The second kappa shape index (κ2) is 7.47. The molecule has 5 heteroatoms. The topological polar surface area (TPSA) is 38.3 Å². The lowest BCUT2D eigenvalue weighted by Gasteiger charge is -2.19. The van der Waals surface area contributed by atoms with E-state index in [1.54, 1.807) is 0 Å². The van der Waals surface area contributed by atoms with Gasteiger partial charge in [-0.3, -0.25) is 4.79 Å². The maximum absolute atomic E-state index is 13.2. The average molecular weight is 336 g/mol. The Hall–Kier alpha value is -2.07. The average Bonchev–Trinajstić information content (AvgIpc) is 2.51. The van der Waals surface area contributed by atoms with Crippen LogP contribution in [0.3, 0.4) is 0 Å². The SMILES string of the molecule is CCC(Oc1cc(C)ccc1C)C(=O)Nc1ccc(F)c(Cl)c1. The molecule has 0 saturated carbocycles. The van der Waals surface area contributed by atoms with E-state index in [4.69, 9.17) is 16.3 Å². The molecule has 0 aliphatic rings. The number of nitrogens with one attached hydrogen (secondary N) is 1. The third-order valence-electron chi connectivity index (χ3n) is 3.46. The van der Waals surface area contributed by atoms with Gasteiger partial charge >= 0.3 is 0 Å². The summed E-state index contributed by atoms with van der Waals surface area (Å²) < 4.78 is 19.0. The number of carbonyl (C=O) groups is 1. The van der Waals surface area contributed by atoms with Crippen molar-refractivity contribution in [2.75, 3.05) is 5.32 Å². The Morgan fingerprint density at radius 3 is 2.65 bits per heavy atom. The van der Waals surface area contributed by atoms with Crippen molar-refractivity contribution in [1.82, 2.24) is 0 Å². The molecular weight excluding hydrogens is 317 g/mol. The van der Waals surface area contributed by atoms with Crippen LogP contribution in [-0.2, 0) is 4.79 Å². The Kier molecular flexibility index (Phi) is 5.61. The first-order valence-corrected chi connectivity index (χ1v) is 7.78. The van der Waals surface area contributed by atoms with Crippen LogP contribution in [0, 0.1) is 19.7 Å². The molecule has 2 rings (SSSR count). The molecule has 1 unspecified atom stereocenters. The van der Waals surface area contributed by atoms with Gasteiger partial charge in [-0.25, -0.2) is 4.39 Å². The standard InChI is InChI=1S/C18H19ClFNO2/c1-4-16(23-17-9-11(2)5-6-12(17)3)18(22)21-13-7-8-15(20)14(19)10-13/h5-10,16H,4H2,1-3H3,(H,21,22). The van der Waals surface area contributed by atoms with Crippen LogP contribution in [0.25, 0.3) is 0 Å². The Morgan fingerprint density at radius 2 is 2.00 bits per heavy atom. The number of rotatable bonds is 5. The number of amides is 1. The van der Waals surface area contributed by atoms with Crippen molar-refractivity contribution >= 4 is 23.2 Å². The van der Waals surface area contributed by atoms with E-state index < -0.39 is 11.9 Å². The highest BCUT2D eigenvalue weighted by molar-refractivity contribution is 6.31. The molecule has 1 atom stereocenters. The zero-order valence-electron chi connectivity index (χ0n) is 13.3. The van der Waals surface area contributed by atoms with E-state index in [0.717, 1.165) is 11.1 Å². The van der Waals surface area contributed by atoms with Gasteiger partial charge in [0.25, 0.3) is 5.91 Å². The second-order valence-corrected chi connectivity index (χ2v) is 5.81. The van der Waals surface area contributed by atoms with Crippen LogP contribution in [0.4, 0.5) is 10.1 Å². The van der Waals surface area contributed by atoms with E-state index in [9.17, 15) is 9.18 Å². The summed E-state index contributed by atoms with van der Waals surface area (Å²) in [7, 11) is 0. The molecule has 3 nitrogen and oxygen atoms in total. The van der Waals surface area contributed by atoms with Gasteiger partial charge in [-0.05, 0) is 55.7 Å². The third kappa shape index (κ3) is 4.45. The molecule has 1 N–H and O–H groups in total. The van der Waals surface area contributed by atoms with Crippen LogP contribution in [0.2, 0.25) is 5.02 Å². The van der Waals surface area contributed by atoms with Crippen LogP contribution in [0.1, 0.15) is 24.5 Å². The first-order chi connectivity index (χ1) is 10.9. The fourth-order valence-corrected chi connectivity index (χ4v) is 2.29. The summed E-state index contributed by atoms with van der Waals surface area (Å²) >= 11 is 5.72. The molecule has 122 valence electrons. The Morgan fingerprint density at radius 1 is 1.26 bits per heavy atom. The van der Waals surface area contributed by atoms with Crippen LogP contribution < -0.4 is 10.1 Å². The first kappa shape index (κ1) is 17.3. The van der Waals surface area contributed by atoms with Crippen LogP contribution in [0.5, 0.6) is 5.75 Å². The highest BCUT2D eigenvalue weighted by Crippen LogP contribution is 2.23. The second-order valence-electron chi connectivity index (χ2n) is 5.40. The Balaban J connectivity index is 2.11. The maximum atomic E-state index is 13.2. The zero-order chi connectivity index (χ0) is 17.0. The van der Waals surface area contributed by atoms with Gasteiger partial charge in [0.05, 0.1) is 5.02 Å². The fraction of sp³-hybridized carbons (Fsp3) is 0.278. The molecule has 23 heavy (non-hydrogen) atoms.